The molecule has 2 heterocycles. The molecule has 2 aromatic carbocycles. The van der Waals surface area contributed by atoms with Gasteiger partial charge in [0.05, 0.1) is 10.1 Å². The molecule has 5 nitrogen and oxygen atoms in total. The fourth-order valence-electron chi connectivity index (χ4n) is 3.54. The van der Waals surface area contributed by atoms with Crippen molar-refractivity contribution in [3.8, 4) is 17.4 Å². The first-order valence-electron chi connectivity index (χ1n) is 9.51. The number of nitrogens with zero attached hydrogens (tertiary/aromatic N) is 2. The third kappa shape index (κ3) is 3.92. The number of thiol groups is 1. The molecular weight excluding hydrogens is 453 g/mol. The summed E-state index contributed by atoms with van der Waals surface area (Å²) in [4.78, 5) is 14.4. The smallest absolute Gasteiger partial charge is 0.266 e. The van der Waals surface area contributed by atoms with E-state index in [9.17, 15) is 10.1 Å². The van der Waals surface area contributed by atoms with Gasteiger partial charge in [0.25, 0.3) is 5.91 Å². The van der Waals surface area contributed by atoms with Gasteiger partial charge in [-0.3, -0.25) is 4.79 Å². The van der Waals surface area contributed by atoms with E-state index >= 15 is 0 Å². The van der Waals surface area contributed by atoms with Crippen LogP contribution in [0.4, 0.5) is 5.69 Å². The van der Waals surface area contributed by atoms with Crippen LogP contribution in [0.25, 0.3) is 11.3 Å². The highest BCUT2D eigenvalue weighted by Crippen LogP contribution is 2.40. The molecule has 0 radical (unpaired) electrons. The third-order valence-electron chi connectivity index (χ3n) is 5.04. The number of rotatable bonds is 4. The van der Waals surface area contributed by atoms with Gasteiger partial charge in [-0.2, -0.15) is 5.26 Å². The molecule has 1 N–H and O–H groups in total. The minimum Gasteiger partial charge on any atom is -0.457 e. The molecule has 0 bridgehead atoms. The van der Waals surface area contributed by atoms with Crippen molar-refractivity contribution in [1.29, 1.82) is 5.26 Å². The summed E-state index contributed by atoms with van der Waals surface area (Å²) in [6.07, 6.45) is 0.0738. The third-order valence-corrected chi connectivity index (χ3v) is 6.03. The number of carbonyl (C=O) groups is 1. The van der Waals surface area contributed by atoms with Crippen LogP contribution in [0.3, 0.4) is 0 Å². The number of nitrogens with one attached hydrogen (secondary N) is 1. The topological polar surface area (TPSA) is 69.3 Å². The second kappa shape index (κ2) is 8.72. The van der Waals surface area contributed by atoms with Crippen molar-refractivity contribution in [3.63, 3.8) is 0 Å². The lowest BCUT2D eigenvalue weighted by Gasteiger charge is -2.37. The Morgan fingerprint density at radius 1 is 1.19 bits per heavy atom. The van der Waals surface area contributed by atoms with Crippen molar-refractivity contribution >= 4 is 47.4 Å². The molecule has 0 aliphatic carbocycles. The highest BCUT2D eigenvalue weighted by atomic mass is 35.5. The lowest BCUT2D eigenvalue weighted by molar-refractivity contribution is -0.118. The Hall–Kier alpha value is -2.85. The number of benzene rings is 2. The Labute approximate surface area is 195 Å². The Bertz CT molecular complexity index is 1250. The van der Waals surface area contributed by atoms with Crippen LogP contribution in [0.15, 0.2) is 69.6 Å². The van der Waals surface area contributed by atoms with E-state index in [1.807, 2.05) is 37.3 Å². The van der Waals surface area contributed by atoms with Gasteiger partial charge in [0.2, 0.25) is 0 Å². The standard InChI is InChI=1S/C23H17Cl2N3O2S/c1-2-13-5-3-4-6-18(13)28-21(27-22(29)16(12-26)23(28)31)20-10-9-19(30-20)15-8-7-14(24)11-17(15)25/h3-11,21,31H,2H2,1H3,(H,27,29). The zero-order valence-electron chi connectivity index (χ0n) is 16.4. The molecule has 0 saturated carbocycles. The molecule has 4 rings (SSSR count). The summed E-state index contributed by atoms with van der Waals surface area (Å²) in [6, 6.07) is 18.4. The van der Waals surface area contributed by atoms with Gasteiger partial charge in [-0.1, -0.05) is 48.3 Å². The summed E-state index contributed by atoms with van der Waals surface area (Å²) in [5.41, 5.74) is 2.49. The summed E-state index contributed by atoms with van der Waals surface area (Å²) in [5.74, 6) is 0.499. The van der Waals surface area contributed by atoms with Crippen LogP contribution in [-0.2, 0) is 11.2 Å². The van der Waals surface area contributed by atoms with Gasteiger partial charge in [0, 0.05) is 16.3 Å². The summed E-state index contributed by atoms with van der Waals surface area (Å²) < 4.78 is 6.10. The quantitative estimate of drug-likeness (QED) is 0.451. The van der Waals surface area contributed by atoms with E-state index in [-0.39, 0.29) is 10.6 Å². The zero-order valence-corrected chi connectivity index (χ0v) is 18.8. The molecule has 156 valence electrons. The molecule has 1 aromatic heterocycles. The molecule has 1 aliphatic rings. The molecular formula is C23H17Cl2N3O2S. The molecule has 8 heteroatoms. The maximum Gasteiger partial charge on any atom is 0.266 e. The first-order chi connectivity index (χ1) is 14.9. The summed E-state index contributed by atoms with van der Waals surface area (Å²) in [6.45, 7) is 2.04. The van der Waals surface area contributed by atoms with E-state index < -0.39 is 12.1 Å². The van der Waals surface area contributed by atoms with Gasteiger partial charge in [-0.25, -0.2) is 0 Å². The van der Waals surface area contributed by atoms with Crippen LogP contribution in [0.1, 0.15) is 24.4 Å². The first-order valence-corrected chi connectivity index (χ1v) is 10.7. The van der Waals surface area contributed by atoms with Crippen LogP contribution in [0, 0.1) is 11.3 Å². The Kier molecular flexibility index (Phi) is 6.01. The molecule has 3 aromatic rings. The minimum absolute atomic E-state index is 0.0574. The average Bonchev–Trinajstić information content (AvgIpc) is 3.23. The number of para-hydroxylation sites is 1. The van der Waals surface area contributed by atoms with E-state index in [1.165, 1.54) is 0 Å². The van der Waals surface area contributed by atoms with Crippen molar-refractivity contribution in [1.82, 2.24) is 5.32 Å². The van der Waals surface area contributed by atoms with Crippen molar-refractivity contribution in [2.75, 3.05) is 4.90 Å². The predicted octanol–water partition coefficient (Wildman–Crippen LogP) is 6.12. The Morgan fingerprint density at radius 3 is 2.68 bits per heavy atom. The summed E-state index contributed by atoms with van der Waals surface area (Å²) in [7, 11) is 0. The molecule has 0 spiro atoms. The SMILES string of the molecule is CCc1ccccc1N1C(S)=C(C#N)C(=O)NC1c1ccc(-c2ccc(Cl)cc2Cl)o1. The lowest BCUT2D eigenvalue weighted by Crippen LogP contribution is -2.46. The minimum atomic E-state index is -0.690. The summed E-state index contributed by atoms with van der Waals surface area (Å²) >= 11 is 16.9. The fourth-order valence-corrected chi connectivity index (χ4v) is 4.41. The fraction of sp³-hybridized carbons (Fsp3) is 0.130. The van der Waals surface area contributed by atoms with Gasteiger partial charge in [0.15, 0.2) is 6.17 Å². The van der Waals surface area contributed by atoms with Crippen molar-refractivity contribution < 1.29 is 9.21 Å². The summed E-state index contributed by atoms with van der Waals surface area (Å²) in [5, 5.41) is 13.6. The molecule has 0 fully saturated rings. The predicted molar refractivity (Wildman–Crippen MR) is 125 cm³/mol. The number of carbonyl (C=O) groups excluding carboxylic acids is 1. The molecule has 1 unspecified atom stereocenters. The highest BCUT2D eigenvalue weighted by molar-refractivity contribution is 7.84. The number of hydrogen-bond donors (Lipinski definition) is 2. The largest absolute Gasteiger partial charge is 0.457 e. The van der Waals surface area contributed by atoms with Gasteiger partial charge in [0.1, 0.15) is 23.2 Å². The number of hydrogen-bond acceptors (Lipinski definition) is 5. The number of furan rings is 1. The van der Waals surface area contributed by atoms with Gasteiger partial charge in [-0.15, -0.1) is 12.6 Å². The van der Waals surface area contributed by atoms with Crippen molar-refractivity contribution in [2.24, 2.45) is 0 Å². The number of anilines is 1. The van der Waals surface area contributed by atoms with E-state index in [4.69, 9.17) is 27.6 Å². The maximum atomic E-state index is 12.6. The molecule has 1 amide bonds. The van der Waals surface area contributed by atoms with Crippen LogP contribution >= 0.6 is 35.8 Å². The average molecular weight is 470 g/mol. The number of aryl methyl sites for hydroxylation is 1. The first kappa shape index (κ1) is 21.4. The van der Waals surface area contributed by atoms with Crippen LogP contribution in [-0.4, -0.2) is 5.91 Å². The van der Waals surface area contributed by atoms with E-state index in [1.54, 1.807) is 35.2 Å². The number of amides is 1. The maximum absolute atomic E-state index is 12.6. The van der Waals surface area contributed by atoms with Crippen LogP contribution < -0.4 is 10.2 Å². The molecule has 1 atom stereocenters. The van der Waals surface area contributed by atoms with Gasteiger partial charge >= 0.3 is 0 Å². The second-order valence-corrected chi connectivity index (χ2v) is 8.13. The zero-order chi connectivity index (χ0) is 22.1. The molecule has 31 heavy (non-hydrogen) atoms. The van der Waals surface area contributed by atoms with Crippen LogP contribution in [0.5, 0.6) is 0 Å². The van der Waals surface area contributed by atoms with Crippen LogP contribution in [0.2, 0.25) is 10.0 Å². The highest BCUT2D eigenvalue weighted by Gasteiger charge is 2.36. The lowest BCUT2D eigenvalue weighted by atomic mass is 10.1. The normalized spacial score (nSPS) is 16.3. The van der Waals surface area contributed by atoms with Gasteiger partial charge < -0.3 is 14.6 Å². The van der Waals surface area contributed by atoms with Crippen molar-refractivity contribution in [2.45, 2.75) is 19.5 Å². The molecule has 1 aliphatic heterocycles. The number of halogens is 2. The number of nitriles is 1. The Balaban J connectivity index is 1.83. The Morgan fingerprint density at radius 2 is 1.97 bits per heavy atom. The van der Waals surface area contributed by atoms with E-state index in [0.717, 1.165) is 17.7 Å². The second-order valence-electron chi connectivity index (χ2n) is 6.86. The van der Waals surface area contributed by atoms with Gasteiger partial charge in [-0.05, 0) is 48.4 Å². The van der Waals surface area contributed by atoms with E-state index in [0.29, 0.717) is 27.1 Å². The monoisotopic (exact) mass is 469 g/mol. The molecule has 0 saturated heterocycles. The van der Waals surface area contributed by atoms with E-state index in [2.05, 4.69) is 17.9 Å². The van der Waals surface area contributed by atoms with Crippen molar-refractivity contribution in [3.05, 3.63) is 86.6 Å².